The van der Waals surface area contributed by atoms with E-state index in [0.717, 1.165) is 6.42 Å². The van der Waals surface area contributed by atoms with Crippen LogP contribution in [0.3, 0.4) is 0 Å². The zero-order chi connectivity index (χ0) is 30.6. The van der Waals surface area contributed by atoms with Crippen molar-refractivity contribution in [2.45, 2.75) is 43.7 Å². The summed E-state index contributed by atoms with van der Waals surface area (Å²) in [7, 11) is 15.4. The first-order valence-electron chi connectivity index (χ1n) is 15.9. The van der Waals surface area contributed by atoms with Gasteiger partial charge in [-0.2, -0.15) is 0 Å². The van der Waals surface area contributed by atoms with E-state index in [0.29, 0.717) is 11.8 Å². The summed E-state index contributed by atoms with van der Waals surface area (Å²) in [5.74, 6) is 0.771. The Morgan fingerprint density at radius 1 is 0.705 bits per heavy atom. The number of benzene rings is 5. The molecule has 2 aliphatic rings. The molecule has 0 amide bonds. The van der Waals surface area contributed by atoms with Gasteiger partial charge in [0.1, 0.15) is 0 Å². The van der Waals surface area contributed by atoms with E-state index in [-0.39, 0.29) is 3.63 Å². The quantitative estimate of drug-likeness (QED) is 0.145. The molecule has 0 spiro atoms. The van der Waals surface area contributed by atoms with E-state index >= 15 is 0 Å². The third-order valence-corrected chi connectivity index (χ3v) is 24.2. The summed E-state index contributed by atoms with van der Waals surface area (Å²) >= 11 is -4.08. The van der Waals surface area contributed by atoms with E-state index in [1.54, 1.807) is 0 Å². The van der Waals surface area contributed by atoms with E-state index in [9.17, 15) is 0 Å². The second-order valence-electron chi connectivity index (χ2n) is 12.8. The van der Waals surface area contributed by atoms with Crippen molar-refractivity contribution in [2.75, 3.05) is 0 Å². The van der Waals surface area contributed by atoms with Gasteiger partial charge in [0.25, 0.3) is 0 Å². The molecule has 0 bridgehead atoms. The molecular weight excluding hydrogens is 671 g/mol. The van der Waals surface area contributed by atoms with Gasteiger partial charge in [0.05, 0.1) is 0 Å². The monoisotopic (exact) mass is 706 g/mol. The maximum atomic E-state index is 8.00. The van der Waals surface area contributed by atoms with Crippen LogP contribution in [0.15, 0.2) is 115 Å². The Bertz CT molecular complexity index is 1910. The third-order valence-electron chi connectivity index (χ3n) is 9.92. The van der Waals surface area contributed by atoms with Crippen LogP contribution in [0.5, 0.6) is 0 Å². The number of allylic oxidation sites excluding steroid dienone is 1. The fourth-order valence-corrected chi connectivity index (χ4v) is 24.5. The number of rotatable bonds is 7. The summed E-state index contributed by atoms with van der Waals surface area (Å²) in [5, 5.41) is 3.00. The topological polar surface area (TPSA) is 0 Å². The van der Waals surface area contributed by atoms with Gasteiger partial charge in [0.2, 0.25) is 0 Å². The molecule has 2 unspecified atom stereocenters. The Labute approximate surface area is 276 Å². The Morgan fingerprint density at radius 3 is 2.09 bits per heavy atom. The molecule has 220 valence electrons. The van der Waals surface area contributed by atoms with Crippen molar-refractivity contribution in [2.24, 2.45) is 5.92 Å². The van der Waals surface area contributed by atoms with Gasteiger partial charge in [0, 0.05) is 0 Å². The van der Waals surface area contributed by atoms with Crippen LogP contribution in [-0.2, 0) is 17.9 Å². The molecule has 1 aliphatic heterocycles. The first-order valence-corrected chi connectivity index (χ1v) is 26.3. The number of hydrogen-bond acceptors (Lipinski definition) is 0. The van der Waals surface area contributed by atoms with Crippen molar-refractivity contribution in [3.05, 3.63) is 131 Å². The van der Waals surface area contributed by atoms with Crippen LogP contribution in [0.25, 0.3) is 39.5 Å². The van der Waals surface area contributed by atoms with E-state index in [1.165, 1.54) is 69.3 Å². The van der Waals surface area contributed by atoms with Gasteiger partial charge in [-0.25, -0.2) is 0 Å². The van der Waals surface area contributed by atoms with Gasteiger partial charge in [-0.05, 0) is 0 Å². The number of hydrogen-bond donors (Lipinski definition) is 0. The average molecular weight is 709 g/mol. The first-order chi connectivity index (χ1) is 21.3. The van der Waals surface area contributed by atoms with Crippen LogP contribution in [0, 0.1) is 5.92 Å². The van der Waals surface area contributed by atoms with Crippen LogP contribution in [0.2, 0.25) is 0 Å². The van der Waals surface area contributed by atoms with Crippen LogP contribution in [0.1, 0.15) is 60.3 Å². The zero-order valence-corrected chi connectivity index (χ0v) is 31.3. The number of halogens is 2. The Balaban J connectivity index is 1.46. The van der Waals surface area contributed by atoms with E-state index in [2.05, 4.69) is 143 Å². The molecule has 0 aromatic heterocycles. The average Bonchev–Trinajstić information content (AvgIpc) is 3.64. The van der Waals surface area contributed by atoms with Crippen molar-refractivity contribution in [3.63, 3.8) is 0 Å². The molecule has 2 atom stereocenters. The maximum absolute atomic E-state index is 8.00. The summed E-state index contributed by atoms with van der Waals surface area (Å²) in [6.45, 7) is 9.27. The SMILES string of the molecule is CCC(C)C1=Cc2c(ccc(C(C)C)c2-c2ccccc2-c2ccccc2)[CH]1[Zr]([Cl])([Cl])[c]1cccc2c1[SiH2]c1ccccc1-2. The molecular formula is C40H38Cl2SiZr. The van der Waals surface area contributed by atoms with E-state index < -0.39 is 27.4 Å². The van der Waals surface area contributed by atoms with Gasteiger partial charge in [-0.15, -0.1) is 0 Å². The molecule has 0 nitrogen and oxygen atoms in total. The molecule has 1 aliphatic carbocycles. The standard InChI is InChI=1S/C28H29.C12H9Si.2ClH.Zr/c1-5-20(4)23-17-22-15-16-24(19(2)3)28(27(22)18-23)26-14-10-9-13-25(26)21-11-7-6-8-12-21;1-3-7-11-9(5-1)10-6-2-4-8-12(10)13-11;;;/h6-20H,5H2,1-4H3;1-7H,13H2;2*1H;/q;;;;+2/p-2. The second-order valence-corrected chi connectivity index (χ2v) is 28.6. The van der Waals surface area contributed by atoms with Crippen molar-refractivity contribution >= 4 is 46.3 Å². The van der Waals surface area contributed by atoms with E-state index in [1.807, 2.05) is 0 Å². The molecule has 44 heavy (non-hydrogen) atoms. The Morgan fingerprint density at radius 2 is 1.36 bits per heavy atom. The molecule has 0 radical (unpaired) electrons. The normalized spacial score (nSPS) is 16.5. The predicted octanol–water partition coefficient (Wildman–Crippen LogP) is 9.52. The van der Waals surface area contributed by atoms with Crippen molar-refractivity contribution in [3.8, 4) is 33.4 Å². The third kappa shape index (κ3) is 4.98. The summed E-state index contributed by atoms with van der Waals surface area (Å²) < 4.78 is 1.37. The minimum atomic E-state index is -4.08. The van der Waals surface area contributed by atoms with Gasteiger partial charge < -0.3 is 0 Å². The minimum absolute atomic E-state index is 0.0747. The first kappa shape index (κ1) is 30.2. The van der Waals surface area contributed by atoms with Crippen LogP contribution in [-0.4, -0.2) is 9.52 Å². The van der Waals surface area contributed by atoms with E-state index in [4.69, 9.17) is 17.0 Å². The van der Waals surface area contributed by atoms with Crippen molar-refractivity contribution in [1.82, 2.24) is 0 Å². The zero-order valence-electron chi connectivity index (χ0n) is 25.9. The van der Waals surface area contributed by atoms with Crippen molar-refractivity contribution in [1.29, 1.82) is 0 Å². The summed E-state index contributed by atoms with van der Waals surface area (Å²) in [5.41, 5.74) is 13.4. The number of fused-ring (bicyclic) bond motifs is 4. The van der Waals surface area contributed by atoms with Crippen LogP contribution < -0.4 is 13.6 Å². The predicted molar refractivity (Wildman–Crippen MR) is 193 cm³/mol. The molecule has 0 saturated heterocycles. The van der Waals surface area contributed by atoms with Crippen molar-refractivity contribution < 1.29 is 17.9 Å². The summed E-state index contributed by atoms with van der Waals surface area (Å²) in [6, 6.07) is 40.1. The van der Waals surface area contributed by atoms with Gasteiger partial charge >= 0.3 is 279 Å². The van der Waals surface area contributed by atoms with Crippen LogP contribution in [0.4, 0.5) is 0 Å². The molecule has 5 aromatic carbocycles. The van der Waals surface area contributed by atoms with Gasteiger partial charge in [-0.3, -0.25) is 0 Å². The summed E-state index contributed by atoms with van der Waals surface area (Å²) in [4.78, 5) is 0. The molecule has 0 fully saturated rings. The van der Waals surface area contributed by atoms with Gasteiger partial charge in [-0.1, -0.05) is 0 Å². The summed E-state index contributed by atoms with van der Waals surface area (Å²) in [6.07, 6.45) is 3.56. The molecule has 1 heterocycles. The molecule has 0 N–H and O–H groups in total. The fourth-order valence-electron chi connectivity index (χ4n) is 7.53. The molecule has 5 aromatic rings. The Kier molecular flexibility index (Phi) is 8.26. The Hall–Kier alpha value is -2.48. The fraction of sp³-hybridized carbons (Fsp3) is 0.200. The van der Waals surface area contributed by atoms with Gasteiger partial charge in [0.15, 0.2) is 0 Å². The second kappa shape index (κ2) is 12.0. The molecule has 7 rings (SSSR count). The molecule has 4 heteroatoms. The molecule has 0 saturated carbocycles. The van der Waals surface area contributed by atoms with Crippen LogP contribution >= 0.6 is 17.0 Å².